The van der Waals surface area contributed by atoms with E-state index in [1.807, 2.05) is 26.0 Å². The van der Waals surface area contributed by atoms with Crippen molar-refractivity contribution in [2.24, 2.45) is 11.8 Å². The van der Waals surface area contributed by atoms with Gasteiger partial charge in [-0.3, -0.25) is 19.2 Å². The summed E-state index contributed by atoms with van der Waals surface area (Å²) < 4.78 is 1.70. The van der Waals surface area contributed by atoms with Gasteiger partial charge in [-0.25, -0.2) is 0 Å². The molecule has 1 aromatic carbocycles. The van der Waals surface area contributed by atoms with E-state index in [2.05, 4.69) is 26.7 Å². The van der Waals surface area contributed by atoms with Crippen molar-refractivity contribution >= 4 is 29.2 Å². The van der Waals surface area contributed by atoms with E-state index >= 15 is 0 Å². The zero-order valence-electron chi connectivity index (χ0n) is 20.6. The molecular weight excluding hydrogens is 490 g/mol. The SMILES string of the molecule is Cc1cc(N2C[C@H]3C[C@H]3C2=O)nnc1C(C)n1cc(C(=O)N[C@H]2C[C@@H](c3cc(Cl)ccc3C#N)C2)cn1. The van der Waals surface area contributed by atoms with Crippen molar-refractivity contribution in [1.29, 1.82) is 5.26 Å². The van der Waals surface area contributed by atoms with E-state index in [1.165, 1.54) is 0 Å². The van der Waals surface area contributed by atoms with Gasteiger partial charge in [0.25, 0.3) is 5.91 Å². The highest BCUT2D eigenvalue weighted by atomic mass is 35.5. The second-order valence-corrected chi connectivity index (χ2v) is 10.8. The Bertz CT molecular complexity index is 1460. The summed E-state index contributed by atoms with van der Waals surface area (Å²) >= 11 is 6.12. The molecule has 37 heavy (non-hydrogen) atoms. The van der Waals surface area contributed by atoms with Crippen LogP contribution in [0.3, 0.4) is 0 Å². The Labute approximate surface area is 219 Å². The Kier molecular flexibility index (Phi) is 5.72. The van der Waals surface area contributed by atoms with Crippen LogP contribution in [0.2, 0.25) is 5.02 Å². The highest BCUT2D eigenvalue weighted by molar-refractivity contribution is 6.30. The number of carbonyl (C=O) groups excluding carboxylic acids is 2. The molecule has 3 atom stereocenters. The number of aryl methyl sites for hydroxylation is 1. The standard InChI is InChI=1S/C27H26ClN7O2/c1-14-5-24(34-12-18-8-23(18)27(34)37)32-33-25(14)15(2)35-13-19(11-30-35)26(36)31-21-6-17(7-21)22-9-20(28)4-3-16(22)10-29/h3-5,9,11,13,15,17-18,21,23H,6-8,12H2,1-2H3,(H,31,36)/t15?,17-,18-,21+,23-/m1/s1. The zero-order chi connectivity index (χ0) is 25.8. The van der Waals surface area contributed by atoms with Gasteiger partial charge in [0, 0.05) is 29.7 Å². The lowest BCUT2D eigenvalue weighted by Crippen LogP contribution is -2.43. The number of anilines is 1. The molecule has 2 aliphatic carbocycles. The molecule has 2 amide bonds. The average Bonchev–Trinajstić information content (AvgIpc) is 3.31. The van der Waals surface area contributed by atoms with Crippen LogP contribution < -0.4 is 10.2 Å². The van der Waals surface area contributed by atoms with Gasteiger partial charge in [-0.1, -0.05) is 11.6 Å². The van der Waals surface area contributed by atoms with Crippen molar-refractivity contribution in [2.45, 2.75) is 51.1 Å². The fraction of sp³-hybridized carbons (Fsp3) is 0.407. The fourth-order valence-corrected chi connectivity index (χ4v) is 5.71. The minimum absolute atomic E-state index is 0.0313. The Morgan fingerprint density at radius 2 is 2.05 bits per heavy atom. The van der Waals surface area contributed by atoms with Gasteiger partial charge in [0.2, 0.25) is 5.91 Å². The lowest BCUT2D eigenvalue weighted by atomic mass is 9.74. The third kappa shape index (κ3) is 4.25. The predicted molar refractivity (Wildman–Crippen MR) is 136 cm³/mol. The monoisotopic (exact) mass is 515 g/mol. The Balaban J connectivity index is 1.08. The van der Waals surface area contributed by atoms with Crippen molar-refractivity contribution in [3.63, 3.8) is 0 Å². The van der Waals surface area contributed by atoms with Gasteiger partial charge in [-0.05, 0) is 80.3 Å². The van der Waals surface area contributed by atoms with Gasteiger partial charge in [0.1, 0.15) is 0 Å². The van der Waals surface area contributed by atoms with E-state index in [4.69, 9.17) is 11.6 Å². The van der Waals surface area contributed by atoms with Crippen molar-refractivity contribution < 1.29 is 9.59 Å². The number of nitrogens with one attached hydrogen (secondary N) is 1. The summed E-state index contributed by atoms with van der Waals surface area (Å²) in [6.07, 6.45) is 5.78. The largest absolute Gasteiger partial charge is 0.349 e. The molecule has 3 heterocycles. The summed E-state index contributed by atoms with van der Waals surface area (Å²) in [6.45, 7) is 4.63. The number of aromatic nitrogens is 4. The van der Waals surface area contributed by atoms with E-state index in [0.717, 1.165) is 42.6 Å². The van der Waals surface area contributed by atoms with E-state index in [-0.39, 0.29) is 35.7 Å². The highest BCUT2D eigenvalue weighted by Gasteiger charge is 2.53. The predicted octanol–water partition coefficient (Wildman–Crippen LogP) is 3.77. The molecule has 1 aliphatic heterocycles. The molecule has 3 aliphatic rings. The lowest BCUT2D eigenvalue weighted by molar-refractivity contribution is -0.118. The first-order valence-corrected chi connectivity index (χ1v) is 12.9. The number of piperidine rings is 1. The van der Waals surface area contributed by atoms with Crippen molar-refractivity contribution in [2.75, 3.05) is 11.4 Å². The van der Waals surface area contributed by atoms with E-state index in [1.54, 1.807) is 34.1 Å². The molecule has 1 unspecified atom stereocenters. The third-order valence-corrected chi connectivity index (χ3v) is 8.15. The maximum absolute atomic E-state index is 12.9. The number of fused-ring (bicyclic) bond motifs is 1. The fourth-order valence-electron chi connectivity index (χ4n) is 5.53. The molecule has 2 aromatic heterocycles. The maximum atomic E-state index is 12.9. The van der Waals surface area contributed by atoms with Crippen LogP contribution in [0.1, 0.15) is 70.9 Å². The molecular formula is C27H26ClN7O2. The molecule has 3 fully saturated rings. The third-order valence-electron chi connectivity index (χ3n) is 7.91. The number of halogens is 1. The zero-order valence-corrected chi connectivity index (χ0v) is 21.3. The number of benzene rings is 1. The number of amides is 2. The summed E-state index contributed by atoms with van der Waals surface area (Å²) in [6, 6.07) is 9.24. The quantitative estimate of drug-likeness (QED) is 0.534. The first-order chi connectivity index (χ1) is 17.8. The summed E-state index contributed by atoms with van der Waals surface area (Å²) in [5, 5.41) is 26.2. The van der Waals surface area contributed by atoms with Gasteiger partial charge in [-0.2, -0.15) is 15.5 Å². The molecule has 1 saturated heterocycles. The van der Waals surface area contributed by atoms with Crippen molar-refractivity contribution in [3.8, 4) is 6.07 Å². The van der Waals surface area contributed by atoms with Gasteiger partial charge < -0.3 is 5.32 Å². The number of hydrogen-bond donors (Lipinski definition) is 1. The van der Waals surface area contributed by atoms with E-state index in [0.29, 0.717) is 27.9 Å². The molecule has 1 N–H and O–H groups in total. The maximum Gasteiger partial charge on any atom is 0.254 e. The van der Waals surface area contributed by atoms with Crippen LogP contribution in [-0.4, -0.2) is 44.4 Å². The normalized spacial score (nSPS) is 24.7. The van der Waals surface area contributed by atoms with Crippen molar-refractivity contribution in [3.05, 3.63) is 69.6 Å². The van der Waals surface area contributed by atoms with E-state index < -0.39 is 0 Å². The highest BCUT2D eigenvalue weighted by Crippen LogP contribution is 2.47. The Morgan fingerprint density at radius 3 is 2.76 bits per heavy atom. The summed E-state index contributed by atoms with van der Waals surface area (Å²) in [7, 11) is 0. The van der Waals surface area contributed by atoms with E-state index in [9.17, 15) is 14.9 Å². The lowest BCUT2D eigenvalue weighted by Gasteiger charge is -2.36. The number of rotatable bonds is 6. The Hall–Kier alpha value is -3.77. The number of nitriles is 1. The number of carbonyl (C=O) groups is 2. The van der Waals surface area contributed by atoms with Crippen LogP contribution in [0.5, 0.6) is 0 Å². The second kappa shape index (κ2) is 8.96. The van der Waals surface area contributed by atoms with Crippen LogP contribution >= 0.6 is 11.6 Å². The number of hydrogen-bond acceptors (Lipinski definition) is 6. The second-order valence-electron chi connectivity index (χ2n) is 10.4. The molecule has 2 saturated carbocycles. The van der Waals surface area contributed by atoms with Crippen LogP contribution in [-0.2, 0) is 4.79 Å². The van der Waals surface area contributed by atoms with Gasteiger partial charge in [0.05, 0.1) is 35.1 Å². The minimum Gasteiger partial charge on any atom is -0.349 e. The molecule has 9 nitrogen and oxygen atoms in total. The molecule has 3 aromatic rings. The van der Waals surface area contributed by atoms with Crippen LogP contribution in [0, 0.1) is 30.1 Å². The number of nitrogens with zero attached hydrogens (tertiary/aromatic N) is 6. The topological polar surface area (TPSA) is 117 Å². The van der Waals surface area contributed by atoms with Gasteiger partial charge >= 0.3 is 0 Å². The van der Waals surface area contributed by atoms with Crippen LogP contribution in [0.25, 0.3) is 0 Å². The van der Waals surface area contributed by atoms with Crippen molar-refractivity contribution in [1.82, 2.24) is 25.3 Å². The minimum atomic E-state index is -0.230. The average molecular weight is 516 g/mol. The van der Waals surface area contributed by atoms with Gasteiger partial charge in [0.15, 0.2) is 5.82 Å². The first kappa shape index (κ1) is 23.6. The first-order valence-electron chi connectivity index (χ1n) is 12.5. The molecule has 10 heteroatoms. The Morgan fingerprint density at radius 1 is 1.24 bits per heavy atom. The molecule has 0 bridgehead atoms. The molecule has 188 valence electrons. The van der Waals surface area contributed by atoms with Crippen LogP contribution in [0.15, 0.2) is 36.7 Å². The molecule has 0 spiro atoms. The molecule has 0 radical (unpaired) electrons. The smallest absolute Gasteiger partial charge is 0.254 e. The van der Waals surface area contributed by atoms with Gasteiger partial charge in [-0.15, -0.1) is 5.10 Å². The summed E-state index contributed by atoms with van der Waals surface area (Å²) in [4.78, 5) is 27.0. The summed E-state index contributed by atoms with van der Waals surface area (Å²) in [5.41, 5.74) is 3.71. The molecule has 6 rings (SSSR count). The summed E-state index contributed by atoms with van der Waals surface area (Å²) in [5.74, 6) is 1.42. The van der Waals surface area contributed by atoms with Crippen LogP contribution in [0.4, 0.5) is 5.82 Å².